The van der Waals surface area contributed by atoms with Crippen LogP contribution in [0.1, 0.15) is 47.6 Å². The van der Waals surface area contributed by atoms with Gasteiger partial charge in [-0.25, -0.2) is 4.63 Å². The standard InChI is InChI=1S/C17H21N5O4/c1-10-15(21-26-19-10)8-16(23)22-12-2-3-13(22)7-11(6-12)9-18-17(24)14-4-5-25-20-14/h4-5,11-13H,2-3,6-9H2,1H3,(H,18,24)/t11?,12-,13+. The highest BCUT2D eigenvalue weighted by Crippen LogP contribution is 2.38. The minimum Gasteiger partial charge on any atom is -0.364 e. The first-order chi connectivity index (χ1) is 12.6. The molecule has 2 fully saturated rings. The van der Waals surface area contributed by atoms with Gasteiger partial charge in [-0.1, -0.05) is 15.5 Å². The first kappa shape index (κ1) is 16.7. The third kappa shape index (κ3) is 3.21. The summed E-state index contributed by atoms with van der Waals surface area (Å²) in [6.45, 7) is 2.38. The van der Waals surface area contributed by atoms with E-state index in [2.05, 4.69) is 25.4 Å². The summed E-state index contributed by atoms with van der Waals surface area (Å²) in [6, 6.07) is 2.01. The number of fused-ring (bicyclic) bond motifs is 2. The number of piperidine rings is 1. The molecule has 9 nitrogen and oxygen atoms in total. The van der Waals surface area contributed by atoms with Crippen LogP contribution in [0.25, 0.3) is 0 Å². The molecule has 4 rings (SSSR count). The molecule has 2 amide bonds. The van der Waals surface area contributed by atoms with Crippen LogP contribution < -0.4 is 5.32 Å². The molecule has 0 aliphatic carbocycles. The maximum absolute atomic E-state index is 12.7. The minimum atomic E-state index is -0.224. The van der Waals surface area contributed by atoms with Crippen molar-refractivity contribution in [3.63, 3.8) is 0 Å². The van der Waals surface area contributed by atoms with E-state index < -0.39 is 0 Å². The first-order valence-corrected chi connectivity index (χ1v) is 8.89. The number of aromatic nitrogens is 3. The third-order valence-electron chi connectivity index (χ3n) is 5.41. The molecule has 2 aliphatic heterocycles. The molecule has 0 aromatic carbocycles. The Bertz CT molecular complexity index is 773. The van der Waals surface area contributed by atoms with Crippen LogP contribution in [0.2, 0.25) is 0 Å². The zero-order valence-electron chi connectivity index (χ0n) is 14.6. The van der Waals surface area contributed by atoms with Crippen LogP contribution in [-0.2, 0) is 11.2 Å². The number of nitrogens with one attached hydrogen (secondary N) is 1. The molecule has 1 unspecified atom stereocenters. The van der Waals surface area contributed by atoms with Crippen LogP contribution in [0, 0.1) is 12.8 Å². The normalized spacial score (nSPS) is 24.7. The van der Waals surface area contributed by atoms with E-state index in [1.54, 1.807) is 13.0 Å². The van der Waals surface area contributed by atoms with Gasteiger partial charge in [-0.3, -0.25) is 9.59 Å². The van der Waals surface area contributed by atoms with E-state index in [9.17, 15) is 9.59 Å². The Balaban J connectivity index is 1.33. The second-order valence-corrected chi connectivity index (χ2v) is 7.09. The lowest BCUT2D eigenvalue weighted by molar-refractivity contribution is -0.135. The zero-order chi connectivity index (χ0) is 18.1. The fourth-order valence-corrected chi connectivity index (χ4v) is 4.17. The van der Waals surface area contributed by atoms with Crippen LogP contribution in [-0.4, -0.2) is 50.8 Å². The summed E-state index contributed by atoms with van der Waals surface area (Å²) in [5.74, 6) is 0.225. The Morgan fingerprint density at radius 1 is 1.23 bits per heavy atom. The van der Waals surface area contributed by atoms with Crippen molar-refractivity contribution in [1.29, 1.82) is 0 Å². The summed E-state index contributed by atoms with van der Waals surface area (Å²) in [4.78, 5) is 26.7. The molecule has 3 atom stereocenters. The second-order valence-electron chi connectivity index (χ2n) is 7.09. The highest BCUT2D eigenvalue weighted by Gasteiger charge is 2.43. The van der Waals surface area contributed by atoms with E-state index in [-0.39, 0.29) is 36.0 Å². The number of carbonyl (C=O) groups excluding carboxylic acids is 2. The maximum atomic E-state index is 12.7. The number of amides is 2. The van der Waals surface area contributed by atoms with Crippen LogP contribution >= 0.6 is 0 Å². The molecule has 26 heavy (non-hydrogen) atoms. The van der Waals surface area contributed by atoms with Gasteiger partial charge < -0.3 is 14.7 Å². The molecule has 2 bridgehead atoms. The van der Waals surface area contributed by atoms with Crippen molar-refractivity contribution in [3.8, 4) is 0 Å². The first-order valence-electron chi connectivity index (χ1n) is 8.89. The monoisotopic (exact) mass is 359 g/mol. The van der Waals surface area contributed by atoms with Crippen molar-refractivity contribution in [2.75, 3.05) is 6.54 Å². The third-order valence-corrected chi connectivity index (χ3v) is 5.41. The largest absolute Gasteiger partial charge is 0.364 e. The second kappa shape index (κ2) is 6.89. The van der Waals surface area contributed by atoms with E-state index in [1.807, 2.05) is 4.90 Å². The fourth-order valence-electron chi connectivity index (χ4n) is 4.17. The van der Waals surface area contributed by atoms with Gasteiger partial charge in [0.25, 0.3) is 5.91 Å². The summed E-state index contributed by atoms with van der Waals surface area (Å²) >= 11 is 0. The van der Waals surface area contributed by atoms with Crippen molar-refractivity contribution in [1.82, 2.24) is 25.7 Å². The Morgan fingerprint density at radius 3 is 2.62 bits per heavy atom. The molecule has 2 aromatic rings. The summed E-state index contributed by atoms with van der Waals surface area (Å²) in [5.41, 5.74) is 1.56. The predicted octanol–water partition coefficient (Wildman–Crippen LogP) is 1.11. The molecule has 4 heterocycles. The molecular formula is C17H21N5O4. The smallest absolute Gasteiger partial charge is 0.273 e. The lowest BCUT2D eigenvalue weighted by atomic mass is 9.90. The van der Waals surface area contributed by atoms with Crippen LogP contribution in [0.4, 0.5) is 0 Å². The lowest BCUT2D eigenvalue weighted by Crippen LogP contribution is -2.49. The zero-order valence-corrected chi connectivity index (χ0v) is 14.6. The molecule has 0 spiro atoms. The van der Waals surface area contributed by atoms with Gasteiger partial charge in [-0.15, -0.1) is 0 Å². The van der Waals surface area contributed by atoms with Gasteiger partial charge in [0.2, 0.25) is 5.91 Å². The molecule has 2 aromatic heterocycles. The molecule has 1 N–H and O–H groups in total. The average molecular weight is 359 g/mol. The summed E-state index contributed by atoms with van der Waals surface area (Å²) in [6.07, 6.45) is 5.44. The summed E-state index contributed by atoms with van der Waals surface area (Å²) in [7, 11) is 0. The Morgan fingerprint density at radius 2 is 2.00 bits per heavy atom. The van der Waals surface area contributed by atoms with Gasteiger partial charge in [-0.05, 0) is 38.5 Å². The van der Waals surface area contributed by atoms with Gasteiger partial charge in [0.05, 0.1) is 6.42 Å². The number of nitrogens with zero attached hydrogens (tertiary/aromatic N) is 4. The van der Waals surface area contributed by atoms with Crippen molar-refractivity contribution >= 4 is 11.8 Å². The van der Waals surface area contributed by atoms with Gasteiger partial charge >= 0.3 is 0 Å². The van der Waals surface area contributed by atoms with Crippen LogP contribution in [0.15, 0.2) is 21.5 Å². The topological polar surface area (TPSA) is 114 Å². The van der Waals surface area contributed by atoms with E-state index >= 15 is 0 Å². The Hall–Kier alpha value is -2.71. The van der Waals surface area contributed by atoms with E-state index in [4.69, 9.17) is 4.52 Å². The highest BCUT2D eigenvalue weighted by molar-refractivity contribution is 5.91. The predicted molar refractivity (Wildman–Crippen MR) is 88.0 cm³/mol. The quantitative estimate of drug-likeness (QED) is 0.850. The van der Waals surface area contributed by atoms with Crippen LogP contribution in [0.3, 0.4) is 0 Å². The lowest BCUT2D eigenvalue weighted by Gasteiger charge is -2.39. The number of carbonyl (C=O) groups is 2. The molecule has 9 heteroatoms. The molecule has 0 saturated carbocycles. The number of hydrogen-bond donors (Lipinski definition) is 1. The van der Waals surface area contributed by atoms with Crippen molar-refractivity contribution in [3.05, 3.63) is 29.4 Å². The molecule has 0 radical (unpaired) electrons. The Labute approximate surface area is 150 Å². The molecule has 2 saturated heterocycles. The number of rotatable bonds is 5. The van der Waals surface area contributed by atoms with Gasteiger partial charge in [0, 0.05) is 24.7 Å². The highest BCUT2D eigenvalue weighted by atomic mass is 16.6. The fraction of sp³-hybridized carbons (Fsp3) is 0.588. The molecule has 138 valence electrons. The summed E-state index contributed by atoms with van der Waals surface area (Å²) in [5, 5.41) is 14.1. The SMILES string of the molecule is Cc1nonc1CC(=O)N1[C@@H]2CC[C@H]1CC(CNC(=O)c1ccon1)C2. The summed E-state index contributed by atoms with van der Waals surface area (Å²) < 4.78 is 9.37. The van der Waals surface area contributed by atoms with Gasteiger partial charge in [-0.2, -0.15) is 0 Å². The van der Waals surface area contributed by atoms with Crippen molar-refractivity contribution in [2.45, 2.75) is 51.1 Å². The Kier molecular flexibility index (Phi) is 4.44. The number of hydrogen-bond acceptors (Lipinski definition) is 7. The van der Waals surface area contributed by atoms with Gasteiger partial charge in [0.15, 0.2) is 5.69 Å². The molecular weight excluding hydrogens is 338 g/mol. The van der Waals surface area contributed by atoms with Crippen LogP contribution in [0.5, 0.6) is 0 Å². The van der Waals surface area contributed by atoms with Gasteiger partial charge in [0.1, 0.15) is 17.7 Å². The van der Waals surface area contributed by atoms with E-state index in [0.29, 0.717) is 23.9 Å². The van der Waals surface area contributed by atoms with Crippen molar-refractivity contribution in [2.24, 2.45) is 5.92 Å². The van der Waals surface area contributed by atoms with Crippen molar-refractivity contribution < 1.29 is 18.7 Å². The molecule has 2 aliphatic rings. The minimum absolute atomic E-state index is 0.0846. The van der Waals surface area contributed by atoms with E-state index in [0.717, 1.165) is 25.7 Å². The average Bonchev–Trinajstić information content (AvgIpc) is 3.34. The maximum Gasteiger partial charge on any atom is 0.273 e. The van der Waals surface area contributed by atoms with E-state index in [1.165, 1.54) is 6.26 Å². The number of aryl methyl sites for hydroxylation is 1.